The molecule has 1 heterocycles. The second kappa shape index (κ2) is 7.64. The molecule has 8 heteroatoms. The van der Waals surface area contributed by atoms with E-state index in [1.54, 1.807) is 24.5 Å². The zero-order valence-corrected chi connectivity index (χ0v) is 18.2. The second-order valence-corrected chi connectivity index (χ2v) is 9.37. The lowest BCUT2D eigenvalue weighted by Gasteiger charge is -2.17. The van der Waals surface area contributed by atoms with Gasteiger partial charge in [-0.3, -0.25) is 4.98 Å². The average molecular weight is 499 g/mol. The number of benzene rings is 2. The number of nitrogens with one attached hydrogen (secondary N) is 1. The van der Waals surface area contributed by atoms with Crippen LogP contribution < -0.4 is 9.62 Å². The molecular weight excluding hydrogens is 482 g/mol. The third-order valence-electron chi connectivity index (χ3n) is 4.02. The average Bonchev–Trinajstić information content (AvgIpc) is 2.60. The van der Waals surface area contributed by atoms with Gasteiger partial charge in [-0.25, -0.2) is 13.1 Å². The zero-order valence-electron chi connectivity index (χ0n) is 14.2. The third kappa shape index (κ3) is 3.78. The first-order valence-corrected chi connectivity index (χ1v) is 10.8. The molecule has 26 heavy (non-hydrogen) atoms. The van der Waals surface area contributed by atoms with Crippen molar-refractivity contribution in [1.29, 1.82) is 0 Å². The normalized spacial score (nSPS) is 11.7. The Balaban J connectivity index is 2.01. The number of nitrogens with zero attached hydrogens (tertiary/aromatic N) is 2. The Morgan fingerprint density at radius 2 is 1.62 bits per heavy atom. The van der Waals surface area contributed by atoms with Gasteiger partial charge in [-0.15, -0.1) is 0 Å². The van der Waals surface area contributed by atoms with Crippen LogP contribution in [0.2, 0.25) is 0 Å². The van der Waals surface area contributed by atoms with E-state index in [9.17, 15) is 8.42 Å². The lowest BCUT2D eigenvalue weighted by atomic mass is 10.1. The Hall–Kier alpha value is -1.48. The predicted molar refractivity (Wildman–Crippen MR) is 112 cm³/mol. The van der Waals surface area contributed by atoms with Crippen LogP contribution in [0.4, 0.5) is 5.69 Å². The van der Waals surface area contributed by atoms with Crippen LogP contribution in [0.3, 0.4) is 0 Å². The van der Waals surface area contributed by atoms with Crippen molar-refractivity contribution in [1.82, 2.24) is 9.71 Å². The standard InChI is InChI=1S/C18H17Br2N3O2S/c1-23(2)17-7-3-6-13-12(17)5-4-8-18(13)26(24,25)22-9-14-15(19)10-21-11-16(14)20/h3-8,10-11,22H,9H2,1-2H3. The molecule has 0 spiro atoms. The van der Waals surface area contributed by atoms with Crippen LogP contribution in [-0.4, -0.2) is 27.5 Å². The van der Waals surface area contributed by atoms with Gasteiger partial charge in [0.1, 0.15) is 0 Å². The molecule has 0 aliphatic heterocycles. The molecule has 0 aliphatic rings. The molecular formula is C18H17Br2N3O2S. The van der Waals surface area contributed by atoms with Crippen LogP contribution in [0.15, 0.2) is 62.6 Å². The predicted octanol–water partition coefficient (Wildman–Crippen LogP) is 4.30. The molecule has 0 fully saturated rings. The van der Waals surface area contributed by atoms with Gasteiger partial charge in [0, 0.05) is 58.4 Å². The van der Waals surface area contributed by atoms with E-state index in [1.165, 1.54) is 0 Å². The van der Waals surface area contributed by atoms with Gasteiger partial charge in [-0.1, -0.05) is 24.3 Å². The summed E-state index contributed by atoms with van der Waals surface area (Å²) in [7, 11) is 0.183. The Morgan fingerprint density at radius 3 is 2.27 bits per heavy atom. The SMILES string of the molecule is CN(C)c1cccc2c(S(=O)(=O)NCc3c(Br)cncc3Br)cccc12. The summed E-state index contributed by atoms with van der Waals surface area (Å²) in [5, 5.41) is 1.59. The van der Waals surface area contributed by atoms with Crippen LogP contribution in [0.25, 0.3) is 10.8 Å². The number of hydrogen-bond donors (Lipinski definition) is 1. The molecule has 0 unspecified atom stereocenters. The summed E-state index contributed by atoms with van der Waals surface area (Å²) in [5.74, 6) is 0. The van der Waals surface area contributed by atoms with Crippen molar-refractivity contribution in [3.05, 3.63) is 63.3 Å². The van der Waals surface area contributed by atoms with E-state index in [4.69, 9.17) is 0 Å². The number of aromatic nitrogens is 1. The maximum absolute atomic E-state index is 13.0. The second-order valence-electron chi connectivity index (χ2n) is 5.93. The summed E-state index contributed by atoms with van der Waals surface area (Å²) in [6, 6.07) is 11.0. The topological polar surface area (TPSA) is 62.3 Å². The molecule has 5 nitrogen and oxygen atoms in total. The Morgan fingerprint density at radius 1 is 1.00 bits per heavy atom. The third-order valence-corrected chi connectivity index (χ3v) is 6.85. The first-order valence-electron chi connectivity index (χ1n) is 7.78. The quantitative estimate of drug-likeness (QED) is 0.569. The largest absolute Gasteiger partial charge is 0.377 e. The van der Waals surface area contributed by atoms with Crippen molar-refractivity contribution >= 4 is 58.3 Å². The summed E-state index contributed by atoms with van der Waals surface area (Å²) in [6.07, 6.45) is 3.27. The van der Waals surface area contributed by atoms with Gasteiger partial charge < -0.3 is 4.90 Å². The molecule has 0 aliphatic carbocycles. The molecule has 0 atom stereocenters. The fourth-order valence-corrected chi connectivity index (χ4v) is 5.17. The Kier molecular flexibility index (Phi) is 5.67. The molecule has 0 saturated heterocycles. The first kappa shape index (κ1) is 19.3. The summed E-state index contributed by atoms with van der Waals surface area (Å²) >= 11 is 6.81. The van der Waals surface area contributed by atoms with Gasteiger partial charge in [0.25, 0.3) is 0 Å². The van der Waals surface area contributed by atoms with Crippen molar-refractivity contribution < 1.29 is 8.42 Å². The molecule has 2 aromatic carbocycles. The van der Waals surface area contributed by atoms with E-state index in [0.29, 0.717) is 5.39 Å². The van der Waals surface area contributed by atoms with Crippen molar-refractivity contribution in [2.45, 2.75) is 11.4 Å². The first-order chi connectivity index (χ1) is 12.3. The number of halogens is 2. The highest BCUT2D eigenvalue weighted by Crippen LogP contribution is 2.30. The number of fused-ring (bicyclic) bond motifs is 1. The highest BCUT2D eigenvalue weighted by molar-refractivity contribution is 9.11. The lowest BCUT2D eigenvalue weighted by molar-refractivity contribution is 0.582. The van der Waals surface area contributed by atoms with E-state index in [2.05, 4.69) is 41.6 Å². The van der Waals surface area contributed by atoms with E-state index in [0.717, 1.165) is 25.6 Å². The van der Waals surface area contributed by atoms with Gasteiger partial charge in [-0.2, -0.15) is 0 Å². The summed E-state index contributed by atoms with van der Waals surface area (Å²) in [5.41, 5.74) is 1.76. The van der Waals surface area contributed by atoms with Crippen LogP contribution >= 0.6 is 31.9 Å². The minimum Gasteiger partial charge on any atom is -0.377 e. The van der Waals surface area contributed by atoms with E-state index in [-0.39, 0.29) is 11.4 Å². The fourth-order valence-electron chi connectivity index (χ4n) is 2.74. The van der Waals surface area contributed by atoms with Crippen molar-refractivity contribution in [3.63, 3.8) is 0 Å². The number of rotatable bonds is 5. The van der Waals surface area contributed by atoms with E-state index in [1.807, 2.05) is 43.3 Å². The molecule has 0 radical (unpaired) electrons. The lowest BCUT2D eigenvalue weighted by Crippen LogP contribution is -2.24. The fraction of sp³-hybridized carbons (Fsp3) is 0.167. The van der Waals surface area contributed by atoms with Crippen molar-refractivity contribution in [2.75, 3.05) is 19.0 Å². The maximum atomic E-state index is 13.0. The summed E-state index contributed by atoms with van der Waals surface area (Å²) in [6.45, 7) is 0.149. The zero-order chi connectivity index (χ0) is 18.9. The van der Waals surface area contributed by atoms with E-state index >= 15 is 0 Å². The Bertz CT molecular complexity index is 1050. The van der Waals surface area contributed by atoms with Crippen LogP contribution in [0, 0.1) is 0 Å². The molecule has 1 aromatic heterocycles. The van der Waals surface area contributed by atoms with Crippen LogP contribution in [0.5, 0.6) is 0 Å². The highest BCUT2D eigenvalue weighted by atomic mass is 79.9. The van der Waals surface area contributed by atoms with Crippen LogP contribution in [0.1, 0.15) is 5.56 Å². The number of hydrogen-bond acceptors (Lipinski definition) is 4. The number of pyridine rings is 1. The minimum absolute atomic E-state index is 0.149. The molecule has 136 valence electrons. The molecule has 0 bridgehead atoms. The maximum Gasteiger partial charge on any atom is 0.241 e. The summed E-state index contributed by atoms with van der Waals surface area (Å²) in [4.78, 5) is 6.27. The van der Waals surface area contributed by atoms with Gasteiger partial charge in [0.15, 0.2) is 0 Å². The number of anilines is 1. The highest BCUT2D eigenvalue weighted by Gasteiger charge is 2.19. The minimum atomic E-state index is -3.69. The number of sulfonamides is 1. The van der Waals surface area contributed by atoms with Gasteiger partial charge >= 0.3 is 0 Å². The Labute approximate surface area is 169 Å². The molecule has 0 saturated carbocycles. The van der Waals surface area contributed by atoms with Gasteiger partial charge in [0.05, 0.1) is 4.90 Å². The van der Waals surface area contributed by atoms with Gasteiger partial charge in [0.2, 0.25) is 10.0 Å². The molecule has 3 rings (SSSR count). The van der Waals surface area contributed by atoms with Crippen molar-refractivity contribution in [3.8, 4) is 0 Å². The van der Waals surface area contributed by atoms with Gasteiger partial charge in [-0.05, 0) is 49.6 Å². The summed E-state index contributed by atoms with van der Waals surface area (Å²) < 4.78 is 30.1. The molecule has 1 N–H and O–H groups in total. The molecule has 0 amide bonds. The monoisotopic (exact) mass is 497 g/mol. The van der Waals surface area contributed by atoms with Crippen LogP contribution in [-0.2, 0) is 16.6 Å². The molecule has 3 aromatic rings. The smallest absolute Gasteiger partial charge is 0.241 e. The van der Waals surface area contributed by atoms with E-state index < -0.39 is 10.0 Å². The van der Waals surface area contributed by atoms with Crippen molar-refractivity contribution in [2.24, 2.45) is 0 Å².